The molecule has 0 aliphatic heterocycles. The highest BCUT2D eigenvalue weighted by Crippen LogP contribution is 2.37. The van der Waals surface area contributed by atoms with Gasteiger partial charge in [0.15, 0.2) is 0 Å². The van der Waals surface area contributed by atoms with Crippen LogP contribution in [0.2, 0.25) is 0 Å². The minimum atomic E-state index is 0.261. The van der Waals surface area contributed by atoms with E-state index in [9.17, 15) is 0 Å². The number of furan rings is 1. The summed E-state index contributed by atoms with van der Waals surface area (Å²) < 4.78 is 7.66. The lowest BCUT2D eigenvalue weighted by Gasteiger charge is -2.16. The maximum Gasteiger partial charge on any atom is 0.104 e. The van der Waals surface area contributed by atoms with E-state index in [1.54, 1.807) is 6.26 Å². The number of aromatic nitrogens is 2. The van der Waals surface area contributed by atoms with E-state index >= 15 is 0 Å². The van der Waals surface area contributed by atoms with Gasteiger partial charge in [0.1, 0.15) is 11.3 Å². The molecule has 2 aromatic carbocycles. The van der Waals surface area contributed by atoms with Crippen molar-refractivity contribution < 1.29 is 4.42 Å². The van der Waals surface area contributed by atoms with E-state index in [2.05, 4.69) is 51.1 Å². The molecule has 0 aliphatic carbocycles. The molecule has 4 aromatic rings. The summed E-state index contributed by atoms with van der Waals surface area (Å²) in [4.78, 5) is 0. The molecule has 1 unspecified atom stereocenters. The van der Waals surface area contributed by atoms with Crippen molar-refractivity contribution in [2.75, 3.05) is 6.54 Å². The fourth-order valence-corrected chi connectivity index (χ4v) is 4.74. The van der Waals surface area contributed by atoms with Crippen LogP contribution < -0.4 is 5.73 Å². The van der Waals surface area contributed by atoms with Gasteiger partial charge in [-0.1, -0.05) is 35.9 Å². The molecule has 1 atom stereocenters. The molecule has 4 rings (SSSR count). The largest absolute Gasteiger partial charge is 0.469 e. The van der Waals surface area contributed by atoms with E-state index in [1.165, 1.54) is 38.9 Å². The van der Waals surface area contributed by atoms with Crippen LogP contribution in [-0.4, -0.2) is 16.3 Å². The van der Waals surface area contributed by atoms with Crippen LogP contribution in [0.3, 0.4) is 0 Å². The number of aryl methyl sites for hydroxylation is 4. The fourth-order valence-electron chi connectivity index (χ4n) is 4.74. The van der Waals surface area contributed by atoms with Crippen molar-refractivity contribution in [2.24, 2.45) is 12.8 Å². The molecule has 0 amide bonds. The van der Waals surface area contributed by atoms with Gasteiger partial charge in [-0.25, -0.2) is 0 Å². The van der Waals surface area contributed by atoms with Gasteiger partial charge in [0.25, 0.3) is 0 Å². The first-order chi connectivity index (χ1) is 14.0. The number of rotatable bonds is 6. The highest BCUT2D eigenvalue weighted by Gasteiger charge is 2.23. The Hall–Kier alpha value is -2.85. The predicted molar refractivity (Wildman–Crippen MR) is 119 cm³/mol. The van der Waals surface area contributed by atoms with Crippen LogP contribution in [0.25, 0.3) is 22.0 Å². The minimum absolute atomic E-state index is 0.261. The van der Waals surface area contributed by atoms with Gasteiger partial charge < -0.3 is 10.2 Å². The van der Waals surface area contributed by atoms with Gasteiger partial charge in [-0.3, -0.25) is 4.68 Å². The summed E-state index contributed by atoms with van der Waals surface area (Å²) in [6.07, 6.45) is 3.45. The van der Waals surface area contributed by atoms with Crippen molar-refractivity contribution in [3.63, 3.8) is 0 Å². The first kappa shape index (κ1) is 19.5. The Balaban J connectivity index is 1.88. The monoisotopic (exact) mass is 387 g/mol. The normalized spacial score (nSPS) is 12.6. The molecular weight excluding hydrogens is 358 g/mol. The number of nitrogens with zero attached hydrogens (tertiary/aromatic N) is 2. The van der Waals surface area contributed by atoms with Crippen LogP contribution in [0.1, 0.15) is 40.5 Å². The van der Waals surface area contributed by atoms with E-state index in [1.807, 2.05) is 23.9 Å². The fraction of sp³-hybridized carbons (Fsp3) is 0.320. The number of fused-ring (bicyclic) bond motifs is 1. The van der Waals surface area contributed by atoms with Gasteiger partial charge in [-0.05, 0) is 62.6 Å². The van der Waals surface area contributed by atoms with Crippen molar-refractivity contribution in [3.8, 4) is 11.1 Å². The van der Waals surface area contributed by atoms with E-state index in [4.69, 9.17) is 15.2 Å². The van der Waals surface area contributed by atoms with E-state index in [0.717, 1.165) is 24.1 Å². The number of hydrogen-bond acceptors (Lipinski definition) is 3. The average molecular weight is 388 g/mol. The summed E-state index contributed by atoms with van der Waals surface area (Å²) in [6.45, 7) is 7.15. The predicted octanol–water partition coefficient (Wildman–Crippen LogP) is 5.43. The minimum Gasteiger partial charge on any atom is -0.469 e. The zero-order chi connectivity index (χ0) is 20.5. The Kier molecular flexibility index (Phi) is 5.29. The zero-order valence-electron chi connectivity index (χ0n) is 17.7. The summed E-state index contributed by atoms with van der Waals surface area (Å²) in [5.74, 6) is 1.25. The molecule has 0 saturated heterocycles. The zero-order valence-corrected chi connectivity index (χ0v) is 17.7. The molecule has 2 aromatic heterocycles. The molecule has 4 nitrogen and oxygen atoms in total. The lowest BCUT2D eigenvalue weighted by molar-refractivity contribution is 0.467. The highest BCUT2D eigenvalue weighted by atomic mass is 16.3. The Bertz CT molecular complexity index is 1120. The number of benzene rings is 2. The second-order valence-corrected chi connectivity index (χ2v) is 8.04. The first-order valence-corrected chi connectivity index (χ1v) is 10.3. The Labute approximate surface area is 172 Å². The average Bonchev–Trinajstić information content (AvgIpc) is 3.28. The van der Waals surface area contributed by atoms with Crippen molar-refractivity contribution >= 4 is 10.9 Å². The van der Waals surface area contributed by atoms with Crippen molar-refractivity contribution in [2.45, 2.75) is 39.5 Å². The van der Waals surface area contributed by atoms with Crippen molar-refractivity contribution in [3.05, 3.63) is 76.9 Å². The molecule has 0 spiro atoms. The van der Waals surface area contributed by atoms with E-state index in [0.29, 0.717) is 6.54 Å². The summed E-state index contributed by atoms with van der Waals surface area (Å²) in [5.41, 5.74) is 14.6. The maximum absolute atomic E-state index is 5.97. The molecule has 0 radical (unpaired) electrons. The van der Waals surface area contributed by atoms with Crippen LogP contribution in [-0.2, 0) is 13.5 Å². The SMILES string of the molecule is Cc1cc(C)c(-c2cccc3c(C(CCN)Cc4ccco4)n(C)nc23)c(C)c1. The van der Waals surface area contributed by atoms with Crippen LogP contribution in [0.15, 0.2) is 53.1 Å². The second-order valence-electron chi connectivity index (χ2n) is 8.04. The Morgan fingerprint density at radius 2 is 1.83 bits per heavy atom. The molecule has 0 bridgehead atoms. The lowest BCUT2D eigenvalue weighted by Crippen LogP contribution is -2.13. The summed E-state index contributed by atoms with van der Waals surface area (Å²) in [7, 11) is 2.04. The van der Waals surface area contributed by atoms with Gasteiger partial charge >= 0.3 is 0 Å². The van der Waals surface area contributed by atoms with Gasteiger partial charge in [-0.15, -0.1) is 0 Å². The molecule has 4 heteroatoms. The van der Waals surface area contributed by atoms with Gasteiger partial charge in [0.2, 0.25) is 0 Å². The Morgan fingerprint density at radius 3 is 2.48 bits per heavy atom. The first-order valence-electron chi connectivity index (χ1n) is 10.3. The topological polar surface area (TPSA) is 57.0 Å². The molecule has 2 N–H and O–H groups in total. The molecule has 0 fully saturated rings. The molecule has 29 heavy (non-hydrogen) atoms. The maximum atomic E-state index is 5.97. The molecule has 0 aliphatic rings. The summed E-state index contributed by atoms with van der Waals surface area (Å²) in [6, 6.07) is 15.0. The van der Waals surface area contributed by atoms with Crippen molar-refractivity contribution in [1.82, 2.24) is 9.78 Å². The van der Waals surface area contributed by atoms with Crippen LogP contribution >= 0.6 is 0 Å². The molecular formula is C25H29N3O. The summed E-state index contributed by atoms with van der Waals surface area (Å²) in [5, 5.41) is 6.17. The smallest absolute Gasteiger partial charge is 0.104 e. The quantitative estimate of drug-likeness (QED) is 0.480. The third kappa shape index (κ3) is 3.60. The van der Waals surface area contributed by atoms with Gasteiger partial charge in [-0.2, -0.15) is 5.10 Å². The standard InChI is InChI=1S/C25H29N3O/c1-16-13-17(2)23(18(3)14-16)21-8-5-9-22-24(21)27-28(4)25(22)19(10-11-26)15-20-7-6-12-29-20/h5-9,12-14,19H,10-11,15,26H2,1-4H3. The van der Waals surface area contributed by atoms with Gasteiger partial charge in [0, 0.05) is 36.0 Å². The molecule has 0 saturated carbocycles. The van der Waals surface area contributed by atoms with Crippen LogP contribution in [0, 0.1) is 20.8 Å². The number of hydrogen-bond donors (Lipinski definition) is 1. The number of nitrogens with two attached hydrogens (primary N) is 1. The lowest BCUT2D eigenvalue weighted by atomic mass is 9.90. The third-order valence-corrected chi connectivity index (χ3v) is 5.79. The molecule has 150 valence electrons. The van der Waals surface area contributed by atoms with E-state index < -0.39 is 0 Å². The Morgan fingerprint density at radius 1 is 1.07 bits per heavy atom. The molecule has 2 heterocycles. The second kappa shape index (κ2) is 7.88. The van der Waals surface area contributed by atoms with Crippen LogP contribution in [0.4, 0.5) is 0 Å². The third-order valence-electron chi connectivity index (χ3n) is 5.79. The van der Waals surface area contributed by atoms with Crippen molar-refractivity contribution in [1.29, 1.82) is 0 Å². The highest BCUT2D eigenvalue weighted by molar-refractivity contribution is 5.97. The van der Waals surface area contributed by atoms with Gasteiger partial charge in [0.05, 0.1) is 6.26 Å². The van der Waals surface area contributed by atoms with Crippen LogP contribution in [0.5, 0.6) is 0 Å². The van der Waals surface area contributed by atoms with E-state index in [-0.39, 0.29) is 5.92 Å². The summed E-state index contributed by atoms with van der Waals surface area (Å²) >= 11 is 0.